The van der Waals surface area contributed by atoms with E-state index in [1.54, 1.807) is 0 Å². The average molecular weight is 291 g/mol. The summed E-state index contributed by atoms with van der Waals surface area (Å²) < 4.78 is 1.90. The van der Waals surface area contributed by atoms with Crippen molar-refractivity contribution in [3.8, 4) is 5.69 Å². The van der Waals surface area contributed by atoms with Gasteiger partial charge in [0.1, 0.15) is 0 Å². The minimum atomic E-state index is 0.565. The monoisotopic (exact) mass is 290 g/mol. The number of halogens is 1. The molecule has 0 unspecified atom stereocenters. The molecule has 20 heavy (non-hydrogen) atoms. The second-order valence-corrected chi connectivity index (χ2v) is 5.80. The van der Waals surface area contributed by atoms with Crippen molar-refractivity contribution in [2.45, 2.75) is 19.5 Å². The van der Waals surface area contributed by atoms with Gasteiger partial charge in [0.25, 0.3) is 0 Å². The Morgan fingerprint density at radius 3 is 2.90 bits per heavy atom. The molecule has 4 nitrogen and oxygen atoms in total. The number of nitrogens with zero attached hydrogens (tertiary/aromatic N) is 3. The van der Waals surface area contributed by atoms with Gasteiger partial charge < -0.3 is 5.32 Å². The molecule has 2 aromatic rings. The van der Waals surface area contributed by atoms with Crippen molar-refractivity contribution in [1.82, 2.24) is 20.0 Å². The normalized spacial score (nSPS) is 20.2. The molecule has 106 valence electrons. The van der Waals surface area contributed by atoms with Crippen LogP contribution in [-0.4, -0.2) is 40.4 Å². The fourth-order valence-electron chi connectivity index (χ4n) is 2.59. The smallest absolute Gasteiger partial charge is 0.0646 e. The van der Waals surface area contributed by atoms with Crippen molar-refractivity contribution in [3.05, 3.63) is 47.2 Å². The predicted octanol–water partition coefficient (Wildman–Crippen LogP) is 2.32. The summed E-state index contributed by atoms with van der Waals surface area (Å²) in [5, 5.41) is 8.64. The average Bonchev–Trinajstić information content (AvgIpc) is 2.88. The number of benzene rings is 1. The molecule has 1 saturated heterocycles. The molecule has 0 spiro atoms. The van der Waals surface area contributed by atoms with Gasteiger partial charge in [0.05, 0.1) is 11.9 Å². The first-order chi connectivity index (χ1) is 9.70. The number of aromatic nitrogens is 2. The summed E-state index contributed by atoms with van der Waals surface area (Å²) in [6.45, 7) is 6.43. The Morgan fingerprint density at radius 1 is 1.35 bits per heavy atom. The molecular weight excluding hydrogens is 272 g/mol. The molecule has 1 aromatic carbocycles. The third kappa shape index (κ3) is 3.20. The first-order valence-corrected chi connectivity index (χ1v) is 7.34. The van der Waals surface area contributed by atoms with Gasteiger partial charge in [0.2, 0.25) is 0 Å². The largest absolute Gasteiger partial charge is 0.312 e. The van der Waals surface area contributed by atoms with Gasteiger partial charge in [-0.15, -0.1) is 0 Å². The summed E-state index contributed by atoms with van der Waals surface area (Å²) in [6, 6.07) is 8.29. The lowest BCUT2D eigenvalue weighted by molar-refractivity contribution is 0.199. The molecule has 0 saturated carbocycles. The van der Waals surface area contributed by atoms with Crippen LogP contribution in [0.1, 0.15) is 12.5 Å². The van der Waals surface area contributed by atoms with Crippen LogP contribution < -0.4 is 5.32 Å². The van der Waals surface area contributed by atoms with Gasteiger partial charge in [-0.3, -0.25) is 4.90 Å². The van der Waals surface area contributed by atoms with Crippen LogP contribution in [0.15, 0.2) is 36.7 Å². The van der Waals surface area contributed by atoms with Crippen molar-refractivity contribution in [2.75, 3.05) is 19.6 Å². The minimum absolute atomic E-state index is 0.565. The van der Waals surface area contributed by atoms with Crippen LogP contribution in [0.25, 0.3) is 5.69 Å². The fraction of sp³-hybridized carbons (Fsp3) is 0.400. The number of hydrogen-bond donors (Lipinski definition) is 1. The molecule has 0 aliphatic carbocycles. The highest BCUT2D eigenvalue weighted by atomic mass is 35.5. The molecule has 1 N–H and O–H groups in total. The lowest BCUT2D eigenvalue weighted by Crippen LogP contribution is -2.48. The highest BCUT2D eigenvalue weighted by Crippen LogP contribution is 2.14. The van der Waals surface area contributed by atoms with Crippen molar-refractivity contribution in [3.63, 3.8) is 0 Å². The Kier molecular flexibility index (Phi) is 4.05. The highest BCUT2D eigenvalue weighted by molar-refractivity contribution is 6.30. The number of hydrogen-bond acceptors (Lipinski definition) is 3. The first-order valence-electron chi connectivity index (χ1n) is 6.96. The van der Waals surface area contributed by atoms with E-state index in [1.165, 1.54) is 5.56 Å². The van der Waals surface area contributed by atoms with Crippen LogP contribution in [-0.2, 0) is 6.54 Å². The molecule has 1 aliphatic heterocycles. The lowest BCUT2D eigenvalue weighted by atomic mass is 10.2. The predicted molar refractivity (Wildman–Crippen MR) is 81.3 cm³/mol. The van der Waals surface area contributed by atoms with Gasteiger partial charge in [-0.1, -0.05) is 11.6 Å². The summed E-state index contributed by atoms with van der Waals surface area (Å²) in [5.41, 5.74) is 2.28. The van der Waals surface area contributed by atoms with E-state index < -0.39 is 0 Å². The van der Waals surface area contributed by atoms with Crippen LogP contribution in [0, 0.1) is 0 Å². The molecule has 0 radical (unpaired) electrons. The molecule has 1 atom stereocenters. The molecule has 0 amide bonds. The molecule has 3 rings (SSSR count). The fourth-order valence-corrected chi connectivity index (χ4v) is 2.72. The van der Waals surface area contributed by atoms with Gasteiger partial charge >= 0.3 is 0 Å². The Bertz CT molecular complexity index is 564. The highest BCUT2D eigenvalue weighted by Gasteiger charge is 2.16. The lowest BCUT2D eigenvalue weighted by Gasteiger charge is -2.31. The maximum absolute atomic E-state index is 5.90. The second kappa shape index (κ2) is 5.95. The van der Waals surface area contributed by atoms with Crippen LogP contribution in [0.3, 0.4) is 0 Å². The van der Waals surface area contributed by atoms with Gasteiger partial charge in [-0.2, -0.15) is 5.10 Å². The number of nitrogens with one attached hydrogen (secondary N) is 1. The second-order valence-electron chi connectivity index (χ2n) is 5.36. The van der Waals surface area contributed by atoms with Crippen molar-refractivity contribution in [1.29, 1.82) is 0 Å². The third-order valence-electron chi connectivity index (χ3n) is 3.59. The Balaban J connectivity index is 1.69. The number of rotatable bonds is 3. The van der Waals surface area contributed by atoms with E-state index in [0.717, 1.165) is 36.9 Å². The summed E-state index contributed by atoms with van der Waals surface area (Å²) in [5.74, 6) is 0. The quantitative estimate of drug-likeness (QED) is 0.942. The molecule has 5 heteroatoms. The summed E-state index contributed by atoms with van der Waals surface area (Å²) in [7, 11) is 0. The van der Waals surface area contributed by atoms with E-state index in [-0.39, 0.29) is 0 Å². The molecule has 1 fully saturated rings. The molecule has 0 bridgehead atoms. The van der Waals surface area contributed by atoms with Gasteiger partial charge in [0, 0.05) is 49.0 Å². The van der Waals surface area contributed by atoms with E-state index >= 15 is 0 Å². The van der Waals surface area contributed by atoms with Crippen LogP contribution in [0.5, 0.6) is 0 Å². The number of piperazine rings is 1. The van der Waals surface area contributed by atoms with E-state index in [4.69, 9.17) is 11.6 Å². The van der Waals surface area contributed by atoms with Gasteiger partial charge in [-0.25, -0.2) is 4.68 Å². The van der Waals surface area contributed by atoms with Crippen molar-refractivity contribution in [2.24, 2.45) is 0 Å². The summed E-state index contributed by atoms with van der Waals surface area (Å²) >= 11 is 5.90. The van der Waals surface area contributed by atoms with E-state index in [1.807, 2.05) is 35.1 Å². The van der Waals surface area contributed by atoms with Crippen LogP contribution >= 0.6 is 11.6 Å². The third-order valence-corrected chi connectivity index (χ3v) is 3.84. The summed E-state index contributed by atoms with van der Waals surface area (Å²) in [4.78, 5) is 2.46. The van der Waals surface area contributed by atoms with E-state index in [9.17, 15) is 0 Å². The maximum atomic E-state index is 5.90. The van der Waals surface area contributed by atoms with Crippen molar-refractivity contribution < 1.29 is 0 Å². The maximum Gasteiger partial charge on any atom is 0.0646 e. The molecule has 2 heterocycles. The Labute approximate surface area is 124 Å². The Morgan fingerprint density at radius 2 is 2.15 bits per heavy atom. The van der Waals surface area contributed by atoms with Gasteiger partial charge in [0.15, 0.2) is 0 Å². The first kappa shape index (κ1) is 13.6. The summed E-state index contributed by atoms with van der Waals surface area (Å²) in [6.07, 6.45) is 4.04. The Hall–Kier alpha value is -1.36. The zero-order chi connectivity index (χ0) is 13.9. The molecule has 1 aromatic heterocycles. The standard InChI is InChI=1S/C15H19ClN4/c1-12-9-19(7-6-17-12)10-13-8-18-20(11-13)15-4-2-14(16)3-5-15/h2-5,8,11-12,17H,6-7,9-10H2,1H3/t12-/m1/s1. The zero-order valence-corrected chi connectivity index (χ0v) is 12.3. The van der Waals surface area contributed by atoms with Crippen molar-refractivity contribution >= 4 is 11.6 Å². The minimum Gasteiger partial charge on any atom is -0.312 e. The topological polar surface area (TPSA) is 33.1 Å². The molecule has 1 aliphatic rings. The van der Waals surface area contributed by atoms with Crippen LogP contribution in [0.2, 0.25) is 5.02 Å². The molecular formula is C15H19ClN4. The zero-order valence-electron chi connectivity index (χ0n) is 11.6. The van der Waals surface area contributed by atoms with Gasteiger partial charge in [-0.05, 0) is 31.2 Å². The van der Waals surface area contributed by atoms with E-state index in [2.05, 4.69) is 28.4 Å². The SMILES string of the molecule is C[C@@H]1CN(Cc2cnn(-c3ccc(Cl)cc3)c2)CCN1. The van der Waals surface area contributed by atoms with E-state index in [0.29, 0.717) is 6.04 Å². The van der Waals surface area contributed by atoms with Crippen LogP contribution in [0.4, 0.5) is 0 Å².